The van der Waals surface area contributed by atoms with E-state index in [2.05, 4.69) is 6.92 Å². The number of ether oxygens (including phenoxy) is 4. The van der Waals surface area contributed by atoms with Gasteiger partial charge < -0.3 is 39.2 Å². The number of rotatable bonds is 5. The van der Waals surface area contributed by atoms with Gasteiger partial charge in [-0.25, -0.2) is 0 Å². The number of cyclic esters (lactones) is 1. The molecular formula is C30H55NO8. The number of allylic oxidation sites excluding steroid dienone is 1. The second-order valence-corrected chi connectivity index (χ2v) is 12.8. The Morgan fingerprint density at radius 2 is 1.74 bits per heavy atom. The van der Waals surface area contributed by atoms with E-state index in [0.29, 0.717) is 25.7 Å². The summed E-state index contributed by atoms with van der Waals surface area (Å²) in [7, 11) is 5.45. The first kappa shape index (κ1) is 34.1. The Labute approximate surface area is 235 Å². The lowest BCUT2D eigenvalue weighted by Gasteiger charge is -2.48. The van der Waals surface area contributed by atoms with Crippen molar-refractivity contribution in [3.05, 3.63) is 11.6 Å². The number of aliphatic hydroxyl groups excluding tert-OH is 2. The van der Waals surface area contributed by atoms with Gasteiger partial charge in [0, 0.05) is 19.1 Å². The first-order valence-electron chi connectivity index (χ1n) is 14.5. The van der Waals surface area contributed by atoms with Gasteiger partial charge in [-0.3, -0.25) is 4.79 Å². The van der Waals surface area contributed by atoms with E-state index in [1.165, 1.54) is 0 Å². The van der Waals surface area contributed by atoms with E-state index in [-0.39, 0.29) is 18.1 Å². The van der Waals surface area contributed by atoms with E-state index >= 15 is 0 Å². The molecule has 1 unspecified atom stereocenters. The number of hydrogen-bond acceptors (Lipinski definition) is 9. The van der Waals surface area contributed by atoms with Crippen molar-refractivity contribution in [3.63, 3.8) is 0 Å². The molecule has 39 heavy (non-hydrogen) atoms. The minimum atomic E-state index is -1.35. The molecule has 0 aromatic carbocycles. The largest absolute Gasteiger partial charge is 0.459 e. The van der Waals surface area contributed by atoms with E-state index in [1.54, 1.807) is 27.0 Å². The molecule has 1 fully saturated rings. The van der Waals surface area contributed by atoms with Gasteiger partial charge in [-0.15, -0.1) is 0 Å². The van der Waals surface area contributed by atoms with Crippen LogP contribution in [0.25, 0.3) is 0 Å². The maximum atomic E-state index is 13.2. The third-order valence-corrected chi connectivity index (χ3v) is 8.77. The molecular weight excluding hydrogens is 502 g/mol. The van der Waals surface area contributed by atoms with Gasteiger partial charge in [0.1, 0.15) is 17.8 Å². The smallest absolute Gasteiger partial charge is 0.311 e. The zero-order chi connectivity index (χ0) is 29.9. The van der Waals surface area contributed by atoms with Crippen molar-refractivity contribution in [1.82, 2.24) is 4.90 Å². The quantitative estimate of drug-likeness (QED) is 0.346. The van der Waals surface area contributed by atoms with Crippen LogP contribution in [0.5, 0.6) is 0 Å². The Bertz CT molecular complexity index is 832. The van der Waals surface area contributed by atoms with Crippen molar-refractivity contribution >= 4 is 5.97 Å². The van der Waals surface area contributed by atoms with Crippen LogP contribution < -0.4 is 0 Å². The molecule has 0 aromatic heterocycles. The summed E-state index contributed by atoms with van der Waals surface area (Å²) < 4.78 is 24.6. The normalized spacial score (nSPS) is 46.7. The summed E-state index contributed by atoms with van der Waals surface area (Å²) in [5, 5.41) is 33.9. The zero-order valence-corrected chi connectivity index (χ0v) is 26.0. The second kappa shape index (κ2) is 13.7. The molecule has 9 heteroatoms. The van der Waals surface area contributed by atoms with Crippen LogP contribution in [-0.4, -0.2) is 101 Å². The lowest BCUT2D eigenvalue weighted by atomic mass is 9.76. The molecule has 228 valence electrons. The van der Waals surface area contributed by atoms with Crippen LogP contribution in [0.4, 0.5) is 0 Å². The predicted octanol–water partition coefficient (Wildman–Crippen LogP) is 3.28. The Morgan fingerprint density at radius 3 is 2.28 bits per heavy atom. The summed E-state index contributed by atoms with van der Waals surface area (Å²) in [6, 6.07) is -0.161. The number of likely N-dealkylation sites (N-methyl/N-ethyl adjacent to an activating group) is 1. The van der Waals surface area contributed by atoms with Crippen LogP contribution in [-0.2, 0) is 23.7 Å². The van der Waals surface area contributed by atoms with Gasteiger partial charge in [0.25, 0.3) is 0 Å². The van der Waals surface area contributed by atoms with Gasteiger partial charge in [0.05, 0.1) is 29.8 Å². The summed E-state index contributed by atoms with van der Waals surface area (Å²) in [5.74, 6) is -1.94. The highest BCUT2D eigenvalue weighted by molar-refractivity contribution is 5.73. The SMILES string of the molecule is CC[C@H]1OC(=O)[C@H](C)[C@@H](O)[C@H](C)[C@@H](OC2O[C@H](C)C[C@H](N(C)C)[C@H]2O)[C@@](C)(OC)C[C@@H](C)C/C(C)=C/[C@]1(C)O. The van der Waals surface area contributed by atoms with Gasteiger partial charge in [-0.1, -0.05) is 32.4 Å². The fourth-order valence-corrected chi connectivity index (χ4v) is 6.54. The molecule has 2 heterocycles. The number of methoxy groups -OCH3 is 1. The fourth-order valence-electron chi connectivity index (χ4n) is 6.54. The Morgan fingerprint density at radius 1 is 1.13 bits per heavy atom. The lowest BCUT2D eigenvalue weighted by molar-refractivity contribution is -0.301. The van der Waals surface area contributed by atoms with Crippen LogP contribution in [0.1, 0.15) is 81.1 Å². The maximum Gasteiger partial charge on any atom is 0.311 e. The molecule has 1 saturated heterocycles. The van der Waals surface area contributed by atoms with Crippen LogP contribution >= 0.6 is 0 Å². The van der Waals surface area contributed by atoms with Crippen LogP contribution in [0, 0.1) is 17.8 Å². The molecule has 2 aliphatic heterocycles. The average molecular weight is 558 g/mol. The predicted molar refractivity (Wildman–Crippen MR) is 150 cm³/mol. The van der Waals surface area contributed by atoms with Crippen LogP contribution in [0.3, 0.4) is 0 Å². The average Bonchev–Trinajstić information content (AvgIpc) is 2.84. The highest BCUT2D eigenvalue weighted by Gasteiger charge is 2.49. The molecule has 2 aliphatic rings. The molecule has 0 aliphatic carbocycles. The molecule has 0 bridgehead atoms. The third-order valence-electron chi connectivity index (χ3n) is 8.77. The maximum absolute atomic E-state index is 13.2. The van der Waals surface area contributed by atoms with Gasteiger partial charge in [-0.2, -0.15) is 0 Å². The van der Waals surface area contributed by atoms with Gasteiger partial charge in [0.2, 0.25) is 0 Å². The van der Waals surface area contributed by atoms with E-state index < -0.39 is 59.7 Å². The highest BCUT2D eigenvalue weighted by atomic mass is 16.7. The van der Waals surface area contributed by atoms with E-state index in [9.17, 15) is 20.1 Å². The standard InChI is InChI=1S/C30H55NO8/c1-12-23-29(7,35)15-17(2)13-18(3)16-30(8,36-11)26(20(5)24(32)21(6)27(34)38-23)39-28-25(33)22(31(9)10)14-19(4)37-28/h15,18-26,28,32-33,35H,12-14,16H2,1-11H3/b17-15+/t18-,19+,20-,21+,22-,23+,24-,25+,26+,28?,29-,30-/m0/s1. The van der Waals surface area contributed by atoms with Gasteiger partial charge in [-0.05, 0) is 80.3 Å². The molecule has 0 saturated carbocycles. The summed E-state index contributed by atoms with van der Waals surface area (Å²) in [6.45, 7) is 14.9. The number of aliphatic hydroxyl groups is 3. The van der Waals surface area contributed by atoms with Crippen LogP contribution in [0.15, 0.2) is 11.6 Å². The van der Waals surface area contributed by atoms with Crippen molar-refractivity contribution in [3.8, 4) is 0 Å². The first-order valence-corrected chi connectivity index (χ1v) is 14.5. The van der Waals surface area contributed by atoms with Gasteiger partial charge >= 0.3 is 5.97 Å². The molecule has 0 radical (unpaired) electrons. The van der Waals surface area contributed by atoms with E-state index in [4.69, 9.17) is 18.9 Å². The zero-order valence-electron chi connectivity index (χ0n) is 26.0. The monoisotopic (exact) mass is 557 g/mol. The summed E-state index contributed by atoms with van der Waals surface area (Å²) in [4.78, 5) is 15.2. The van der Waals surface area contributed by atoms with Crippen molar-refractivity contribution in [1.29, 1.82) is 0 Å². The minimum Gasteiger partial charge on any atom is -0.459 e. The molecule has 0 spiro atoms. The summed E-state index contributed by atoms with van der Waals surface area (Å²) >= 11 is 0. The molecule has 9 nitrogen and oxygen atoms in total. The Hall–Kier alpha value is -1.07. The number of carbonyl (C=O) groups is 1. The van der Waals surface area contributed by atoms with Crippen molar-refractivity contribution in [2.45, 2.75) is 135 Å². The topological polar surface area (TPSA) is 118 Å². The summed E-state index contributed by atoms with van der Waals surface area (Å²) in [6.07, 6.45) is -0.497. The van der Waals surface area contributed by atoms with Crippen LogP contribution in [0.2, 0.25) is 0 Å². The molecule has 3 N–H and O–H groups in total. The van der Waals surface area contributed by atoms with E-state index in [0.717, 1.165) is 5.57 Å². The second-order valence-electron chi connectivity index (χ2n) is 12.8. The first-order chi connectivity index (χ1) is 18.0. The van der Waals surface area contributed by atoms with Gasteiger partial charge in [0.15, 0.2) is 6.29 Å². The minimum absolute atomic E-state index is 0.131. The van der Waals surface area contributed by atoms with Crippen molar-refractivity contribution < 1.29 is 39.1 Å². The number of carbonyl (C=O) groups excluding carboxylic acids is 1. The molecule has 0 aromatic rings. The van der Waals surface area contributed by atoms with E-state index in [1.807, 2.05) is 53.6 Å². The summed E-state index contributed by atoms with van der Waals surface area (Å²) in [5.41, 5.74) is -1.26. The van der Waals surface area contributed by atoms with Crippen molar-refractivity contribution in [2.75, 3.05) is 21.2 Å². The highest BCUT2D eigenvalue weighted by Crippen LogP contribution is 2.38. The number of nitrogens with zero attached hydrogens (tertiary/aromatic N) is 1. The fraction of sp³-hybridized carbons (Fsp3) is 0.900. The Kier molecular flexibility index (Phi) is 12.0. The third kappa shape index (κ3) is 8.24. The lowest BCUT2D eigenvalue weighted by Crippen LogP contribution is -2.59. The number of esters is 1. The van der Waals surface area contributed by atoms with Crippen molar-refractivity contribution in [2.24, 2.45) is 17.8 Å². The molecule has 0 amide bonds. The molecule has 12 atom stereocenters. The number of hydrogen-bond donors (Lipinski definition) is 3. The molecule has 2 rings (SSSR count). The Balaban J connectivity index is 2.54.